The lowest BCUT2D eigenvalue weighted by molar-refractivity contribution is -0.123. The first-order valence-electron chi connectivity index (χ1n) is 11.3. The van der Waals surface area contributed by atoms with Crippen LogP contribution >= 0.6 is 0 Å². The number of ketones is 1. The van der Waals surface area contributed by atoms with Crippen LogP contribution in [0, 0.1) is 5.92 Å². The Morgan fingerprint density at radius 3 is 2.52 bits per heavy atom. The second-order valence-corrected chi connectivity index (χ2v) is 9.59. The Balaban J connectivity index is 1.82. The molecule has 3 rings (SSSR count). The van der Waals surface area contributed by atoms with Crippen LogP contribution in [0.5, 0.6) is 0 Å². The third-order valence-corrected chi connectivity index (χ3v) is 5.43. The first kappa shape index (κ1) is 24.4. The zero-order chi connectivity index (χ0) is 24.3. The molecule has 2 amide bonds. The van der Waals surface area contributed by atoms with Crippen LogP contribution in [-0.2, 0) is 21.4 Å². The van der Waals surface area contributed by atoms with Crippen LogP contribution in [0.25, 0.3) is 0 Å². The van der Waals surface area contributed by atoms with E-state index in [9.17, 15) is 14.4 Å². The van der Waals surface area contributed by atoms with Gasteiger partial charge in [-0.05, 0) is 24.0 Å². The van der Waals surface area contributed by atoms with E-state index in [0.29, 0.717) is 24.4 Å². The number of ether oxygens (including phenoxy) is 1. The molecule has 0 saturated heterocycles. The molecule has 0 radical (unpaired) electrons. The maximum atomic E-state index is 13.3. The minimum atomic E-state index is -0.886. The number of hydrogen-bond donors (Lipinski definition) is 1. The number of para-hydroxylation sites is 1. The van der Waals surface area contributed by atoms with Crippen molar-refractivity contribution in [2.24, 2.45) is 5.92 Å². The molecule has 2 heterocycles. The van der Waals surface area contributed by atoms with Gasteiger partial charge >= 0.3 is 6.09 Å². The van der Waals surface area contributed by atoms with E-state index in [2.05, 4.69) is 15.5 Å². The summed E-state index contributed by atoms with van der Waals surface area (Å²) in [5, 5.41) is 10.7. The Morgan fingerprint density at radius 1 is 1.21 bits per heavy atom. The normalized spacial score (nSPS) is 16.5. The number of amides is 2. The smallest absolute Gasteiger partial charge is 0.415 e. The second kappa shape index (κ2) is 9.72. The van der Waals surface area contributed by atoms with Gasteiger partial charge in [0.05, 0.1) is 18.3 Å². The molecule has 1 aliphatic rings. The van der Waals surface area contributed by atoms with Gasteiger partial charge in [-0.2, -0.15) is 0 Å². The summed E-state index contributed by atoms with van der Waals surface area (Å²) in [6.07, 6.45) is 0.417. The summed E-state index contributed by atoms with van der Waals surface area (Å²) < 4.78 is 10.9. The van der Waals surface area contributed by atoms with Gasteiger partial charge in [-0.15, -0.1) is 10.2 Å². The van der Waals surface area contributed by atoms with Crippen molar-refractivity contribution in [3.63, 3.8) is 0 Å². The number of Topliss-reactive ketones (excluding diaryl/α,β-unsaturated/α-hetero) is 1. The monoisotopic (exact) mass is 456 g/mol. The minimum absolute atomic E-state index is 0.146. The molecule has 0 bridgehead atoms. The first-order chi connectivity index (χ1) is 15.5. The molecule has 1 aliphatic heterocycles. The van der Waals surface area contributed by atoms with Crippen molar-refractivity contribution in [2.75, 3.05) is 11.5 Å². The Morgan fingerprint density at radius 2 is 1.91 bits per heavy atom. The quantitative estimate of drug-likeness (QED) is 0.632. The number of aromatic nitrogens is 2. The Labute approximate surface area is 193 Å². The van der Waals surface area contributed by atoms with Crippen LogP contribution in [0.4, 0.5) is 10.5 Å². The van der Waals surface area contributed by atoms with E-state index < -0.39 is 35.3 Å². The number of fused-ring (bicyclic) bond motifs is 1. The zero-order valence-corrected chi connectivity index (χ0v) is 20.0. The van der Waals surface area contributed by atoms with Gasteiger partial charge in [0.2, 0.25) is 17.6 Å². The average molecular weight is 457 g/mol. The van der Waals surface area contributed by atoms with Gasteiger partial charge in [0.15, 0.2) is 0 Å². The summed E-state index contributed by atoms with van der Waals surface area (Å²) in [6.45, 7) is 11.5. The molecule has 9 nitrogen and oxygen atoms in total. The number of anilines is 1. The fourth-order valence-corrected chi connectivity index (χ4v) is 3.62. The maximum absolute atomic E-state index is 13.3. The SMILES string of the molecule is CCCOC(=O)N1c2ccccc2C[C@H]1C(=O)N[C@H](C(=O)c1nnc(C(C)(C)C)o1)C(C)C. The Bertz CT molecular complexity index is 1020. The number of carbonyl (C=O) groups is 3. The van der Waals surface area contributed by atoms with Crippen LogP contribution < -0.4 is 10.2 Å². The van der Waals surface area contributed by atoms with Gasteiger partial charge in [0.25, 0.3) is 5.89 Å². The van der Waals surface area contributed by atoms with E-state index in [1.165, 1.54) is 4.90 Å². The van der Waals surface area contributed by atoms with Crippen molar-refractivity contribution < 1.29 is 23.5 Å². The topological polar surface area (TPSA) is 115 Å². The predicted molar refractivity (Wildman–Crippen MR) is 122 cm³/mol. The molecule has 0 saturated carbocycles. The van der Waals surface area contributed by atoms with E-state index >= 15 is 0 Å². The standard InChI is InChI=1S/C24H32N4O5/c1-7-12-32-23(31)28-16-11-9-8-10-15(16)13-17(28)20(30)25-18(14(2)3)19(29)21-26-27-22(33-21)24(4,5)6/h8-11,14,17-18H,7,12-13H2,1-6H3,(H,25,30)/t17-,18-/m0/s1. The zero-order valence-electron chi connectivity index (χ0n) is 20.0. The lowest BCUT2D eigenvalue weighted by Gasteiger charge is -2.27. The fourth-order valence-electron chi connectivity index (χ4n) is 3.62. The number of carbonyl (C=O) groups excluding carboxylic acids is 3. The average Bonchev–Trinajstić information content (AvgIpc) is 3.40. The highest BCUT2D eigenvalue weighted by Crippen LogP contribution is 2.33. The highest BCUT2D eigenvalue weighted by atomic mass is 16.6. The summed E-state index contributed by atoms with van der Waals surface area (Å²) in [5.41, 5.74) is 1.10. The molecule has 33 heavy (non-hydrogen) atoms. The molecular weight excluding hydrogens is 424 g/mol. The molecule has 1 aromatic heterocycles. The van der Waals surface area contributed by atoms with E-state index in [1.54, 1.807) is 6.07 Å². The number of hydrogen-bond acceptors (Lipinski definition) is 7. The maximum Gasteiger partial charge on any atom is 0.415 e. The van der Waals surface area contributed by atoms with Crippen LogP contribution in [0.3, 0.4) is 0 Å². The van der Waals surface area contributed by atoms with E-state index in [4.69, 9.17) is 9.15 Å². The van der Waals surface area contributed by atoms with Crippen molar-refractivity contribution >= 4 is 23.5 Å². The largest absolute Gasteiger partial charge is 0.449 e. The first-order valence-corrected chi connectivity index (χ1v) is 11.3. The number of nitrogens with zero attached hydrogens (tertiary/aromatic N) is 3. The van der Waals surface area contributed by atoms with Gasteiger partial charge in [0.1, 0.15) is 6.04 Å². The number of benzene rings is 1. The molecule has 178 valence electrons. The van der Waals surface area contributed by atoms with Crippen molar-refractivity contribution in [3.8, 4) is 0 Å². The molecule has 0 aliphatic carbocycles. The second-order valence-electron chi connectivity index (χ2n) is 9.59. The van der Waals surface area contributed by atoms with Crippen LogP contribution in [0.15, 0.2) is 28.7 Å². The van der Waals surface area contributed by atoms with Crippen LogP contribution in [0.2, 0.25) is 0 Å². The fraction of sp³-hybridized carbons (Fsp3) is 0.542. The van der Waals surface area contributed by atoms with Crippen molar-refractivity contribution in [3.05, 3.63) is 41.6 Å². The Kier molecular flexibility index (Phi) is 7.19. The molecular formula is C24H32N4O5. The molecule has 2 atom stereocenters. The lowest BCUT2D eigenvalue weighted by Crippen LogP contribution is -2.54. The molecule has 1 N–H and O–H groups in total. The molecule has 9 heteroatoms. The third-order valence-electron chi connectivity index (χ3n) is 5.43. The van der Waals surface area contributed by atoms with Gasteiger partial charge in [-0.3, -0.25) is 14.5 Å². The van der Waals surface area contributed by atoms with Gasteiger partial charge in [-0.25, -0.2) is 4.79 Å². The predicted octanol–water partition coefficient (Wildman–Crippen LogP) is 3.67. The molecule has 0 fully saturated rings. The highest BCUT2D eigenvalue weighted by Gasteiger charge is 2.41. The van der Waals surface area contributed by atoms with E-state index in [0.717, 1.165) is 5.56 Å². The van der Waals surface area contributed by atoms with Crippen LogP contribution in [0.1, 0.15) is 70.1 Å². The van der Waals surface area contributed by atoms with E-state index in [-0.39, 0.29) is 18.4 Å². The van der Waals surface area contributed by atoms with Gasteiger partial charge in [0, 0.05) is 11.8 Å². The van der Waals surface area contributed by atoms with Crippen molar-refractivity contribution in [1.82, 2.24) is 15.5 Å². The van der Waals surface area contributed by atoms with Crippen molar-refractivity contribution in [2.45, 2.75) is 71.9 Å². The molecule has 2 aromatic rings. The Hall–Kier alpha value is -3.23. The summed E-state index contributed by atoms with van der Waals surface area (Å²) in [7, 11) is 0. The summed E-state index contributed by atoms with van der Waals surface area (Å²) >= 11 is 0. The number of nitrogens with one attached hydrogen (secondary N) is 1. The summed E-state index contributed by atoms with van der Waals surface area (Å²) in [4.78, 5) is 40.6. The van der Waals surface area contributed by atoms with Crippen molar-refractivity contribution in [1.29, 1.82) is 0 Å². The number of rotatable bonds is 7. The lowest BCUT2D eigenvalue weighted by atomic mass is 9.97. The summed E-state index contributed by atoms with van der Waals surface area (Å²) in [6, 6.07) is 5.62. The highest BCUT2D eigenvalue weighted by molar-refractivity contribution is 6.03. The minimum Gasteiger partial charge on any atom is -0.449 e. The van der Waals surface area contributed by atoms with Crippen LogP contribution in [-0.4, -0.2) is 46.7 Å². The molecule has 1 aromatic carbocycles. The van der Waals surface area contributed by atoms with Gasteiger partial charge in [-0.1, -0.05) is 59.7 Å². The van der Waals surface area contributed by atoms with E-state index in [1.807, 2.05) is 59.7 Å². The molecule has 0 spiro atoms. The molecule has 0 unspecified atom stereocenters. The third kappa shape index (κ3) is 5.23. The van der Waals surface area contributed by atoms with Gasteiger partial charge < -0.3 is 14.5 Å². The summed E-state index contributed by atoms with van der Waals surface area (Å²) in [5.74, 6) is -0.946.